The van der Waals surface area contributed by atoms with Crippen LogP contribution in [0.2, 0.25) is 0 Å². The number of rotatable bonds is 3. The number of carbonyl (C=O) groups is 1. The number of ether oxygens (including phenoxy) is 2. The number of nitriles is 1. The van der Waals surface area contributed by atoms with E-state index in [4.69, 9.17) is 9.47 Å². The summed E-state index contributed by atoms with van der Waals surface area (Å²) in [6.07, 6.45) is 0. The first-order chi connectivity index (χ1) is 11.1. The molecule has 0 aromatic heterocycles. The molecule has 1 atom stereocenters. The summed E-state index contributed by atoms with van der Waals surface area (Å²) < 4.78 is 10.7. The Morgan fingerprint density at radius 2 is 1.87 bits per heavy atom. The molecule has 6 heteroatoms. The second-order valence-corrected chi connectivity index (χ2v) is 6.16. The minimum atomic E-state index is -0.333. The molecule has 1 aromatic rings. The molecule has 1 amide bonds. The number of nitrogens with zero attached hydrogens (tertiary/aromatic N) is 3. The van der Waals surface area contributed by atoms with E-state index in [1.165, 1.54) is 0 Å². The van der Waals surface area contributed by atoms with Gasteiger partial charge in [0.1, 0.15) is 6.04 Å². The monoisotopic (exact) mass is 315 g/mol. The van der Waals surface area contributed by atoms with Crippen molar-refractivity contribution in [3.05, 3.63) is 23.8 Å². The summed E-state index contributed by atoms with van der Waals surface area (Å²) in [5.74, 6) is 1.61. The van der Waals surface area contributed by atoms with E-state index in [0.29, 0.717) is 31.9 Å². The zero-order valence-electron chi connectivity index (χ0n) is 13.5. The Bertz CT molecular complexity index is 630. The maximum Gasteiger partial charge on any atom is 0.231 e. The third kappa shape index (κ3) is 3.10. The zero-order valence-corrected chi connectivity index (χ0v) is 13.5. The van der Waals surface area contributed by atoms with Crippen LogP contribution in [-0.4, -0.2) is 48.7 Å². The molecule has 0 saturated carbocycles. The lowest BCUT2D eigenvalue weighted by Crippen LogP contribution is -2.50. The Morgan fingerprint density at radius 1 is 1.17 bits per heavy atom. The third-order valence-corrected chi connectivity index (χ3v) is 4.32. The summed E-state index contributed by atoms with van der Waals surface area (Å²) in [5.41, 5.74) is 0.903. The van der Waals surface area contributed by atoms with Crippen LogP contribution in [-0.2, 0) is 4.79 Å². The van der Waals surface area contributed by atoms with E-state index in [-0.39, 0.29) is 24.7 Å². The van der Waals surface area contributed by atoms with Gasteiger partial charge in [-0.15, -0.1) is 0 Å². The smallest absolute Gasteiger partial charge is 0.231 e. The summed E-state index contributed by atoms with van der Waals surface area (Å²) in [5, 5.41) is 9.60. The van der Waals surface area contributed by atoms with Crippen molar-refractivity contribution in [1.29, 1.82) is 5.26 Å². The van der Waals surface area contributed by atoms with Gasteiger partial charge in [-0.05, 0) is 17.7 Å². The molecule has 0 N–H and O–H groups in total. The molecule has 0 bridgehead atoms. The van der Waals surface area contributed by atoms with Gasteiger partial charge in [-0.2, -0.15) is 5.26 Å². The van der Waals surface area contributed by atoms with Gasteiger partial charge < -0.3 is 14.4 Å². The highest BCUT2D eigenvalue weighted by Gasteiger charge is 2.28. The first kappa shape index (κ1) is 15.6. The van der Waals surface area contributed by atoms with Gasteiger partial charge in [0.05, 0.1) is 6.07 Å². The van der Waals surface area contributed by atoms with Crippen LogP contribution in [0.25, 0.3) is 0 Å². The average Bonchev–Trinajstić information content (AvgIpc) is 3.03. The van der Waals surface area contributed by atoms with Crippen LogP contribution < -0.4 is 9.47 Å². The van der Waals surface area contributed by atoms with E-state index in [9.17, 15) is 10.1 Å². The molecular weight excluding hydrogens is 294 g/mol. The van der Waals surface area contributed by atoms with Crippen LogP contribution in [0.3, 0.4) is 0 Å². The van der Waals surface area contributed by atoms with Gasteiger partial charge in [-0.3, -0.25) is 9.69 Å². The second-order valence-electron chi connectivity index (χ2n) is 6.16. The SMILES string of the molecule is CC(C)C(=O)N1CCN(C(C#N)c2ccc3c(c2)OCO3)CC1. The van der Waals surface area contributed by atoms with Crippen LogP contribution in [0.1, 0.15) is 25.5 Å². The summed E-state index contributed by atoms with van der Waals surface area (Å²) in [6.45, 7) is 6.79. The van der Waals surface area contributed by atoms with E-state index < -0.39 is 0 Å². The molecule has 1 unspecified atom stereocenters. The van der Waals surface area contributed by atoms with Crippen molar-refractivity contribution in [2.45, 2.75) is 19.9 Å². The van der Waals surface area contributed by atoms with E-state index in [0.717, 1.165) is 11.3 Å². The molecule has 3 rings (SSSR count). The number of amides is 1. The predicted octanol–water partition coefficient (Wildman–Crippen LogP) is 1.78. The fourth-order valence-corrected chi connectivity index (χ4v) is 3.02. The highest BCUT2D eigenvalue weighted by Crippen LogP contribution is 2.35. The molecule has 23 heavy (non-hydrogen) atoms. The lowest BCUT2D eigenvalue weighted by molar-refractivity contribution is -0.136. The van der Waals surface area contributed by atoms with Crippen LogP contribution in [0.5, 0.6) is 11.5 Å². The molecular formula is C17H21N3O3. The Labute approximate surface area is 136 Å². The maximum atomic E-state index is 12.1. The van der Waals surface area contributed by atoms with Gasteiger partial charge in [0.15, 0.2) is 11.5 Å². The van der Waals surface area contributed by atoms with E-state index in [2.05, 4.69) is 11.0 Å². The van der Waals surface area contributed by atoms with Crippen molar-refractivity contribution >= 4 is 5.91 Å². The fourth-order valence-electron chi connectivity index (χ4n) is 3.02. The highest BCUT2D eigenvalue weighted by molar-refractivity contribution is 5.78. The first-order valence-corrected chi connectivity index (χ1v) is 7.92. The van der Waals surface area contributed by atoms with Gasteiger partial charge in [0.25, 0.3) is 0 Å². The fraction of sp³-hybridized carbons (Fsp3) is 0.529. The normalized spacial score (nSPS) is 18.8. The molecule has 2 aliphatic rings. The van der Waals surface area contributed by atoms with Crippen LogP contribution in [0, 0.1) is 17.2 Å². The molecule has 1 aromatic carbocycles. The van der Waals surface area contributed by atoms with Crippen molar-refractivity contribution in [1.82, 2.24) is 9.80 Å². The third-order valence-electron chi connectivity index (χ3n) is 4.32. The summed E-state index contributed by atoms with van der Waals surface area (Å²) in [6, 6.07) is 7.67. The van der Waals surface area contributed by atoms with Crippen molar-refractivity contribution < 1.29 is 14.3 Å². The molecule has 1 fully saturated rings. The van der Waals surface area contributed by atoms with Gasteiger partial charge >= 0.3 is 0 Å². The molecule has 2 heterocycles. The maximum absolute atomic E-state index is 12.1. The molecule has 0 radical (unpaired) electrons. The van der Waals surface area contributed by atoms with Gasteiger partial charge in [-0.1, -0.05) is 19.9 Å². The predicted molar refractivity (Wildman–Crippen MR) is 83.9 cm³/mol. The Morgan fingerprint density at radius 3 is 2.52 bits per heavy atom. The molecule has 2 aliphatic heterocycles. The highest BCUT2D eigenvalue weighted by atomic mass is 16.7. The summed E-state index contributed by atoms with van der Waals surface area (Å²) >= 11 is 0. The van der Waals surface area contributed by atoms with Gasteiger partial charge in [0.2, 0.25) is 12.7 Å². The van der Waals surface area contributed by atoms with E-state index >= 15 is 0 Å². The standard InChI is InChI=1S/C17H21N3O3/c1-12(2)17(21)20-7-5-19(6-8-20)14(10-18)13-3-4-15-16(9-13)23-11-22-15/h3-4,9,12,14H,5-8,11H2,1-2H3. The zero-order chi connectivity index (χ0) is 16.4. The van der Waals surface area contributed by atoms with Crippen LogP contribution >= 0.6 is 0 Å². The average molecular weight is 315 g/mol. The molecule has 122 valence electrons. The van der Waals surface area contributed by atoms with Crippen molar-refractivity contribution in [2.24, 2.45) is 5.92 Å². The summed E-state index contributed by atoms with van der Waals surface area (Å²) in [7, 11) is 0. The number of hydrogen-bond donors (Lipinski definition) is 0. The van der Waals surface area contributed by atoms with Crippen molar-refractivity contribution in [3.63, 3.8) is 0 Å². The summed E-state index contributed by atoms with van der Waals surface area (Å²) in [4.78, 5) is 16.1. The number of hydrogen-bond acceptors (Lipinski definition) is 5. The van der Waals surface area contributed by atoms with Crippen LogP contribution in [0.4, 0.5) is 0 Å². The number of benzene rings is 1. The van der Waals surface area contributed by atoms with Crippen LogP contribution in [0.15, 0.2) is 18.2 Å². The Hall–Kier alpha value is -2.26. The lowest BCUT2D eigenvalue weighted by Gasteiger charge is -2.37. The number of fused-ring (bicyclic) bond motifs is 1. The first-order valence-electron chi connectivity index (χ1n) is 7.92. The minimum Gasteiger partial charge on any atom is -0.454 e. The topological polar surface area (TPSA) is 65.8 Å². The van der Waals surface area contributed by atoms with E-state index in [1.807, 2.05) is 36.9 Å². The number of carbonyl (C=O) groups excluding carboxylic acids is 1. The second kappa shape index (κ2) is 6.47. The lowest BCUT2D eigenvalue weighted by atomic mass is 10.0. The molecule has 0 aliphatic carbocycles. The van der Waals surface area contributed by atoms with Gasteiger partial charge in [-0.25, -0.2) is 0 Å². The molecule has 0 spiro atoms. The quantitative estimate of drug-likeness (QED) is 0.850. The van der Waals surface area contributed by atoms with Crippen molar-refractivity contribution in [2.75, 3.05) is 33.0 Å². The molecule has 6 nitrogen and oxygen atoms in total. The van der Waals surface area contributed by atoms with E-state index in [1.54, 1.807) is 0 Å². The Kier molecular flexibility index (Phi) is 4.39. The van der Waals surface area contributed by atoms with Gasteiger partial charge in [0, 0.05) is 32.1 Å². The minimum absolute atomic E-state index is 0.0159. The van der Waals surface area contributed by atoms with Crippen molar-refractivity contribution in [3.8, 4) is 17.6 Å². The largest absolute Gasteiger partial charge is 0.454 e. The Balaban J connectivity index is 1.69. The molecule has 1 saturated heterocycles. The number of piperazine rings is 1.